The Kier molecular flexibility index (Phi) is 4.68. The maximum Gasteiger partial charge on any atom is 0.269 e. The number of nitrogens with one attached hydrogen (secondary N) is 1. The molecule has 1 amide bonds. The van der Waals surface area contributed by atoms with Gasteiger partial charge < -0.3 is 10.1 Å². The number of carbonyl (C=O) groups excluding carboxylic acids is 1. The van der Waals surface area contributed by atoms with Gasteiger partial charge >= 0.3 is 0 Å². The number of rotatable bonds is 5. The fraction of sp³-hybridized carbons (Fsp3) is 0.500. The predicted octanol–water partition coefficient (Wildman–Crippen LogP) is 1.99. The Labute approximate surface area is 117 Å². The second-order valence-electron chi connectivity index (χ2n) is 4.95. The number of nitrogens with zero attached hydrogens (tertiary/aromatic N) is 1. The minimum atomic E-state index is -0.452. The fourth-order valence-corrected chi connectivity index (χ4v) is 2.21. The van der Waals surface area contributed by atoms with Gasteiger partial charge in [-0.25, -0.2) is 0 Å². The average molecular weight is 278 g/mol. The minimum absolute atomic E-state index is 0.0284. The summed E-state index contributed by atoms with van der Waals surface area (Å²) in [4.78, 5) is 22.1. The molecule has 1 aliphatic rings. The van der Waals surface area contributed by atoms with Crippen molar-refractivity contribution in [1.29, 1.82) is 0 Å². The molecule has 0 bridgehead atoms. The molecule has 1 N–H and O–H groups in total. The summed E-state index contributed by atoms with van der Waals surface area (Å²) in [5, 5.41) is 13.4. The lowest BCUT2D eigenvalue weighted by Crippen LogP contribution is -2.34. The molecule has 0 aliphatic carbocycles. The van der Waals surface area contributed by atoms with Crippen LogP contribution in [0.5, 0.6) is 0 Å². The maximum atomic E-state index is 12.0. The molecule has 1 aromatic carbocycles. The van der Waals surface area contributed by atoms with E-state index in [1.807, 2.05) is 0 Å². The Hall–Kier alpha value is -1.95. The summed E-state index contributed by atoms with van der Waals surface area (Å²) in [6.07, 6.45) is 2.13. The number of nitro groups is 1. The smallest absolute Gasteiger partial charge is 0.269 e. The lowest BCUT2D eigenvalue weighted by molar-refractivity contribution is -0.384. The van der Waals surface area contributed by atoms with E-state index in [2.05, 4.69) is 5.32 Å². The monoisotopic (exact) mass is 278 g/mol. The molecule has 0 aromatic heterocycles. The molecule has 2 atom stereocenters. The third-order valence-electron chi connectivity index (χ3n) is 3.53. The van der Waals surface area contributed by atoms with Crippen LogP contribution in [-0.4, -0.2) is 30.1 Å². The van der Waals surface area contributed by atoms with Crippen molar-refractivity contribution in [3.05, 3.63) is 39.9 Å². The number of hydrogen-bond donors (Lipinski definition) is 1. The lowest BCUT2D eigenvalue weighted by Gasteiger charge is -2.15. The summed E-state index contributed by atoms with van der Waals surface area (Å²) in [7, 11) is 0. The van der Waals surface area contributed by atoms with Crippen molar-refractivity contribution in [2.45, 2.75) is 31.8 Å². The first-order chi connectivity index (χ1) is 9.58. The van der Waals surface area contributed by atoms with Crippen LogP contribution in [0.2, 0.25) is 0 Å². The van der Waals surface area contributed by atoms with Gasteiger partial charge in [-0.15, -0.1) is 0 Å². The lowest BCUT2D eigenvalue weighted by atomic mass is 10.00. The number of amides is 1. The van der Waals surface area contributed by atoms with E-state index < -0.39 is 4.92 Å². The van der Waals surface area contributed by atoms with E-state index in [4.69, 9.17) is 4.74 Å². The van der Waals surface area contributed by atoms with E-state index in [0.717, 1.165) is 25.0 Å². The van der Waals surface area contributed by atoms with Crippen molar-refractivity contribution in [2.75, 3.05) is 13.2 Å². The number of ether oxygens (including phenoxy) is 1. The number of benzene rings is 1. The Morgan fingerprint density at radius 1 is 1.50 bits per heavy atom. The van der Waals surface area contributed by atoms with Crippen molar-refractivity contribution in [3.63, 3.8) is 0 Å². The van der Waals surface area contributed by atoms with Gasteiger partial charge in [-0.05, 0) is 25.3 Å². The maximum absolute atomic E-state index is 12.0. The molecule has 1 aliphatic heterocycles. The molecule has 20 heavy (non-hydrogen) atoms. The zero-order chi connectivity index (χ0) is 14.5. The van der Waals surface area contributed by atoms with Gasteiger partial charge in [-0.2, -0.15) is 0 Å². The molecule has 1 fully saturated rings. The molecular weight excluding hydrogens is 260 g/mol. The summed E-state index contributed by atoms with van der Waals surface area (Å²) in [5.74, 6) is -0.424. The van der Waals surface area contributed by atoms with E-state index in [1.165, 1.54) is 12.1 Å². The van der Waals surface area contributed by atoms with E-state index >= 15 is 0 Å². The average Bonchev–Trinajstić information content (AvgIpc) is 2.97. The second-order valence-corrected chi connectivity index (χ2v) is 4.95. The van der Waals surface area contributed by atoms with Gasteiger partial charge in [0, 0.05) is 25.3 Å². The van der Waals surface area contributed by atoms with Crippen molar-refractivity contribution in [1.82, 2.24) is 5.32 Å². The van der Waals surface area contributed by atoms with Crippen molar-refractivity contribution < 1.29 is 14.5 Å². The van der Waals surface area contributed by atoms with E-state index in [0.29, 0.717) is 6.54 Å². The highest BCUT2D eigenvalue weighted by Gasteiger charge is 2.20. The first-order valence-corrected chi connectivity index (χ1v) is 6.71. The minimum Gasteiger partial charge on any atom is -0.376 e. The highest BCUT2D eigenvalue weighted by molar-refractivity contribution is 5.83. The molecule has 2 rings (SSSR count). The quantitative estimate of drug-likeness (QED) is 0.659. The standard InChI is InChI=1S/C14H18N2O4/c1-10(11-4-6-12(7-5-11)16(18)19)14(17)15-9-13-3-2-8-20-13/h4-7,10,13H,2-3,8-9H2,1H3,(H,15,17)/t10-,13+/m0/s1. The molecule has 1 heterocycles. The van der Waals surface area contributed by atoms with Crippen molar-refractivity contribution in [2.24, 2.45) is 0 Å². The molecule has 0 saturated carbocycles. The van der Waals surface area contributed by atoms with Crippen LogP contribution in [0, 0.1) is 10.1 Å². The van der Waals surface area contributed by atoms with Gasteiger partial charge in [0.05, 0.1) is 16.9 Å². The van der Waals surface area contributed by atoms with Gasteiger partial charge in [0.25, 0.3) is 5.69 Å². The van der Waals surface area contributed by atoms with Crippen LogP contribution >= 0.6 is 0 Å². The highest BCUT2D eigenvalue weighted by Crippen LogP contribution is 2.19. The van der Waals surface area contributed by atoms with Gasteiger partial charge in [-0.3, -0.25) is 14.9 Å². The third kappa shape index (κ3) is 3.54. The third-order valence-corrected chi connectivity index (χ3v) is 3.53. The summed E-state index contributed by atoms with van der Waals surface area (Å²) >= 11 is 0. The summed E-state index contributed by atoms with van der Waals surface area (Å²) in [5.41, 5.74) is 0.793. The number of hydrogen-bond acceptors (Lipinski definition) is 4. The van der Waals surface area contributed by atoms with Gasteiger partial charge in [0.2, 0.25) is 5.91 Å². The predicted molar refractivity (Wildman–Crippen MR) is 73.5 cm³/mol. The fourth-order valence-electron chi connectivity index (χ4n) is 2.21. The molecule has 6 heteroatoms. The first kappa shape index (κ1) is 14.5. The largest absolute Gasteiger partial charge is 0.376 e. The zero-order valence-corrected chi connectivity index (χ0v) is 11.4. The van der Waals surface area contributed by atoms with Gasteiger partial charge in [0.1, 0.15) is 0 Å². The molecule has 0 radical (unpaired) electrons. The van der Waals surface area contributed by atoms with E-state index in [-0.39, 0.29) is 23.6 Å². The highest BCUT2D eigenvalue weighted by atomic mass is 16.6. The Bertz CT molecular complexity index is 480. The van der Waals surface area contributed by atoms with Crippen molar-refractivity contribution in [3.8, 4) is 0 Å². The molecule has 0 unspecified atom stereocenters. The Balaban J connectivity index is 1.90. The van der Waals surface area contributed by atoms with Gasteiger partial charge in [-0.1, -0.05) is 12.1 Å². The molecule has 0 spiro atoms. The van der Waals surface area contributed by atoms with Crippen LogP contribution in [0.4, 0.5) is 5.69 Å². The van der Waals surface area contributed by atoms with Crippen LogP contribution in [0.25, 0.3) is 0 Å². The first-order valence-electron chi connectivity index (χ1n) is 6.71. The van der Waals surface area contributed by atoms with Crippen molar-refractivity contribution >= 4 is 11.6 Å². The van der Waals surface area contributed by atoms with Crippen LogP contribution in [0.15, 0.2) is 24.3 Å². The number of carbonyl (C=O) groups is 1. The number of non-ortho nitro benzene ring substituents is 1. The van der Waals surface area contributed by atoms with E-state index in [1.54, 1.807) is 19.1 Å². The Morgan fingerprint density at radius 3 is 2.75 bits per heavy atom. The molecular formula is C14H18N2O4. The van der Waals surface area contributed by atoms with Crippen LogP contribution < -0.4 is 5.32 Å². The SMILES string of the molecule is C[C@H](C(=O)NC[C@H]1CCCO1)c1ccc([N+](=O)[O-])cc1. The molecule has 108 valence electrons. The number of nitro benzene ring substituents is 1. The Morgan fingerprint density at radius 2 is 2.20 bits per heavy atom. The summed E-state index contributed by atoms with van der Waals surface area (Å²) in [6, 6.07) is 6.07. The molecule has 1 saturated heterocycles. The van der Waals surface area contributed by atoms with Crippen LogP contribution in [0.3, 0.4) is 0 Å². The normalized spacial score (nSPS) is 19.6. The van der Waals surface area contributed by atoms with Crippen LogP contribution in [0.1, 0.15) is 31.2 Å². The topological polar surface area (TPSA) is 81.5 Å². The molecule has 6 nitrogen and oxygen atoms in total. The summed E-state index contributed by atoms with van der Waals surface area (Å²) < 4.78 is 5.44. The summed E-state index contributed by atoms with van der Waals surface area (Å²) in [6.45, 7) is 3.07. The van der Waals surface area contributed by atoms with Gasteiger partial charge in [0.15, 0.2) is 0 Å². The second kappa shape index (κ2) is 6.47. The molecule has 1 aromatic rings. The van der Waals surface area contributed by atoms with E-state index in [9.17, 15) is 14.9 Å². The van der Waals surface area contributed by atoms with Crippen LogP contribution in [-0.2, 0) is 9.53 Å². The zero-order valence-electron chi connectivity index (χ0n) is 11.4.